The molecule has 0 saturated heterocycles. The van der Waals surface area contributed by atoms with Crippen molar-refractivity contribution in [2.75, 3.05) is 13.2 Å². The van der Waals surface area contributed by atoms with Crippen molar-refractivity contribution in [1.82, 2.24) is 0 Å². The molecule has 0 N–H and O–H groups in total. The maximum atomic E-state index is 12.8. The molecule has 0 amide bonds. The van der Waals surface area contributed by atoms with Crippen LogP contribution in [0, 0.1) is 11.8 Å². The lowest BCUT2D eigenvalue weighted by atomic mass is 9.99. The van der Waals surface area contributed by atoms with Gasteiger partial charge < -0.3 is 14.2 Å². The van der Waals surface area contributed by atoms with Gasteiger partial charge in [-0.05, 0) is 31.1 Å². The summed E-state index contributed by atoms with van der Waals surface area (Å²) < 4.78 is 16.8. The number of carbonyl (C=O) groups excluding carboxylic acids is 3. The molecule has 0 aliphatic heterocycles. The SMILES string of the molecule is CCCCCCCCCCCCCCCC(=O)OC[C@H](COC(=O)CCCCCCCCCCCC(C)C)OC(=O)CCCCCCCCCCCCCCCCC(C)CC. The molecule has 0 heterocycles. The van der Waals surface area contributed by atoms with E-state index in [2.05, 4.69) is 34.6 Å². The number of hydrogen-bond acceptors (Lipinski definition) is 6. The molecular formula is C55H106O6. The average Bonchev–Trinajstić information content (AvgIpc) is 3.24. The predicted octanol–water partition coefficient (Wildman–Crippen LogP) is 17.7. The molecule has 61 heavy (non-hydrogen) atoms. The van der Waals surface area contributed by atoms with Gasteiger partial charge in [-0.15, -0.1) is 0 Å². The van der Waals surface area contributed by atoms with Gasteiger partial charge in [-0.2, -0.15) is 0 Å². The summed E-state index contributed by atoms with van der Waals surface area (Å²) in [4.78, 5) is 38.0. The maximum Gasteiger partial charge on any atom is 0.306 e. The minimum atomic E-state index is -0.762. The lowest BCUT2D eigenvalue weighted by Gasteiger charge is -2.18. The lowest BCUT2D eigenvalue weighted by Crippen LogP contribution is -2.30. The highest BCUT2D eigenvalue weighted by atomic mass is 16.6. The summed E-state index contributed by atoms with van der Waals surface area (Å²) in [7, 11) is 0. The molecule has 0 radical (unpaired) electrons. The van der Waals surface area contributed by atoms with E-state index in [0.717, 1.165) is 69.6 Å². The van der Waals surface area contributed by atoms with E-state index in [4.69, 9.17) is 14.2 Å². The first-order valence-electron chi connectivity index (χ1n) is 27.3. The standard InChI is InChI=1S/C55H106O6/c1-6-8-9-10-11-12-13-16-20-25-30-35-40-45-53(56)59-48-52(49-60-54(57)46-41-36-31-27-22-23-28-33-38-43-50(3)4)61-55(58)47-42-37-32-26-21-18-15-14-17-19-24-29-34-39-44-51(5)7-2/h50-52H,6-49H2,1-5H3/t51?,52-/m1/s1. The van der Waals surface area contributed by atoms with Crippen molar-refractivity contribution in [3.05, 3.63) is 0 Å². The Morgan fingerprint density at radius 2 is 0.623 bits per heavy atom. The number of esters is 3. The molecule has 0 rings (SSSR count). The Hall–Kier alpha value is -1.59. The molecule has 0 aromatic heterocycles. The van der Waals surface area contributed by atoms with Crippen LogP contribution in [0.1, 0.15) is 304 Å². The normalized spacial score (nSPS) is 12.5. The molecular weight excluding hydrogens is 757 g/mol. The summed E-state index contributed by atoms with van der Waals surface area (Å²) in [6, 6.07) is 0. The summed E-state index contributed by atoms with van der Waals surface area (Å²) >= 11 is 0. The maximum absolute atomic E-state index is 12.8. The van der Waals surface area contributed by atoms with Gasteiger partial charge in [0, 0.05) is 19.3 Å². The van der Waals surface area contributed by atoms with E-state index in [1.807, 2.05) is 0 Å². The highest BCUT2D eigenvalue weighted by molar-refractivity contribution is 5.71. The fourth-order valence-electron chi connectivity index (χ4n) is 8.31. The lowest BCUT2D eigenvalue weighted by molar-refractivity contribution is -0.167. The minimum Gasteiger partial charge on any atom is -0.462 e. The first kappa shape index (κ1) is 59.4. The summed E-state index contributed by atoms with van der Waals surface area (Å²) in [5, 5.41) is 0. The van der Waals surface area contributed by atoms with Crippen molar-refractivity contribution < 1.29 is 28.6 Å². The van der Waals surface area contributed by atoms with Crippen molar-refractivity contribution >= 4 is 17.9 Å². The van der Waals surface area contributed by atoms with Crippen LogP contribution >= 0.6 is 0 Å². The molecule has 6 nitrogen and oxygen atoms in total. The second kappa shape index (κ2) is 47.9. The summed E-state index contributed by atoms with van der Waals surface area (Å²) in [6.07, 6.45) is 49.4. The molecule has 1 unspecified atom stereocenters. The van der Waals surface area contributed by atoms with Crippen molar-refractivity contribution in [2.24, 2.45) is 11.8 Å². The van der Waals surface area contributed by atoms with Gasteiger partial charge in [-0.25, -0.2) is 0 Å². The van der Waals surface area contributed by atoms with E-state index in [1.54, 1.807) is 0 Å². The third-order valence-electron chi connectivity index (χ3n) is 12.8. The number of carbonyl (C=O) groups is 3. The Morgan fingerprint density at radius 1 is 0.344 bits per heavy atom. The van der Waals surface area contributed by atoms with Gasteiger partial charge in [0.2, 0.25) is 0 Å². The van der Waals surface area contributed by atoms with Crippen LogP contribution in [0.25, 0.3) is 0 Å². The van der Waals surface area contributed by atoms with Crippen LogP contribution in [0.3, 0.4) is 0 Å². The largest absolute Gasteiger partial charge is 0.462 e. The van der Waals surface area contributed by atoms with Gasteiger partial charge in [-0.3, -0.25) is 14.4 Å². The van der Waals surface area contributed by atoms with Crippen LogP contribution in [0.15, 0.2) is 0 Å². The van der Waals surface area contributed by atoms with Crippen LogP contribution in [0.2, 0.25) is 0 Å². The monoisotopic (exact) mass is 863 g/mol. The highest BCUT2D eigenvalue weighted by Crippen LogP contribution is 2.18. The number of hydrogen-bond donors (Lipinski definition) is 0. The van der Waals surface area contributed by atoms with E-state index in [-0.39, 0.29) is 31.1 Å². The fourth-order valence-corrected chi connectivity index (χ4v) is 8.31. The Bertz CT molecular complexity index is 933. The molecule has 6 heteroatoms. The highest BCUT2D eigenvalue weighted by Gasteiger charge is 2.19. The predicted molar refractivity (Wildman–Crippen MR) is 261 cm³/mol. The Morgan fingerprint density at radius 3 is 0.934 bits per heavy atom. The summed E-state index contributed by atoms with van der Waals surface area (Å²) in [6.45, 7) is 11.4. The van der Waals surface area contributed by atoms with Crippen LogP contribution in [-0.4, -0.2) is 37.2 Å². The van der Waals surface area contributed by atoms with Crippen LogP contribution in [-0.2, 0) is 28.6 Å². The Kier molecular flexibility index (Phi) is 46.6. The van der Waals surface area contributed by atoms with Gasteiger partial charge in [0.25, 0.3) is 0 Å². The van der Waals surface area contributed by atoms with Crippen molar-refractivity contribution in [2.45, 2.75) is 310 Å². The third-order valence-corrected chi connectivity index (χ3v) is 12.8. The zero-order chi connectivity index (χ0) is 44.7. The van der Waals surface area contributed by atoms with E-state index < -0.39 is 6.10 Å². The topological polar surface area (TPSA) is 78.9 Å². The quantitative estimate of drug-likeness (QED) is 0.0344. The Labute approximate surface area is 380 Å². The van der Waals surface area contributed by atoms with Gasteiger partial charge >= 0.3 is 17.9 Å². The van der Waals surface area contributed by atoms with Crippen molar-refractivity contribution in [3.63, 3.8) is 0 Å². The molecule has 0 spiro atoms. The molecule has 2 atom stereocenters. The number of rotatable bonds is 49. The second-order valence-corrected chi connectivity index (χ2v) is 19.6. The molecule has 0 bridgehead atoms. The average molecular weight is 863 g/mol. The van der Waals surface area contributed by atoms with Crippen molar-refractivity contribution in [1.29, 1.82) is 0 Å². The first-order valence-corrected chi connectivity index (χ1v) is 27.3. The van der Waals surface area contributed by atoms with Gasteiger partial charge in [0.1, 0.15) is 13.2 Å². The van der Waals surface area contributed by atoms with Crippen molar-refractivity contribution in [3.8, 4) is 0 Å². The van der Waals surface area contributed by atoms with Gasteiger partial charge in [0.15, 0.2) is 6.10 Å². The fraction of sp³-hybridized carbons (Fsp3) is 0.945. The Balaban J connectivity index is 4.30. The molecule has 0 aliphatic rings. The van der Waals surface area contributed by atoms with Crippen LogP contribution in [0.4, 0.5) is 0 Å². The van der Waals surface area contributed by atoms with Crippen LogP contribution in [0.5, 0.6) is 0 Å². The van der Waals surface area contributed by atoms with E-state index in [0.29, 0.717) is 19.3 Å². The number of unbranched alkanes of at least 4 members (excludes halogenated alkanes) is 33. The van der Waals surface area contributed by atoms with Gasteiger partial charge in [-0.1, -0.05) is 266 Å². The zero-order valence-electron chi connectivity index (χ0n) is 41.8. The second-order valence-electron chi connectivity index (χ2n) is 19.6. The molecule has 0 aromatic carbocycles. The van der Waals surface area contributed by atoms with Crippen LogP contribution < -0.4 is 0 Å². The zero-order valence-corrected chi connectivity index (χ0v) is 41.8. The third kappa shape index (κ3) is 47.7. The molecule has 0 saturated carbocycles. The van der Waals surface area contributed by atoms with E-state index in [1.165, 1.54) is 193 Å². The summed E-state index contributed by atoms with van der Waals surface area (Å²) in [5.74, 6) is 0.858. The number of ether oxygens (including phenoxy) is 3. The molecule has 0 aliphatic carbocycles. The smallest absolute Gasteiger partial charge is 0.306 e. The summed E-state index contributed by atoms with van der Waals surface area (Å²) in [5.41, 5.74) is 0. The minimum absolute atomic E-state index is 0.0633. The molecule has 362 valence electrons. The molecule has 0 aromatic rings. The van der Waals surface area contributed by atoms with E-state index in [9.17, 15) is 14.4 Å². The van der Waals surface area contributed by atoms with E-state index >= 15 is 0 Å². The first-order chi connectivity index (χ1) is 29.8. The molecule has 0 fully saturated rings. The van der Waals surface area contributed by atoms with Gasteiger partial charge in [0.05, 0.1) is 0 Å².